The van der Waals surface area contributed by atoms with Crippen LogP contribution < -0.4 is 5.73 Å². The smallest absolute Gasteiger partial charge is 0.249 e. The zero-order valence-electron chi connectivity index (χ0n) is 16.5. The van der Waals surface area contributed by atoms with E-state index in [9.17, 15) is 9.90 Å². The van der Waals surface area contributed by atoms with Crippen molar-refractivity contribution in [3.8, 4) is 11.8 Å². The van der Waals surface area contributed by atoms with E-state index in [-0.39, 0.29) is 10.8 Å². The standard InChI is InChI=1S/C24H27NO2/c1-23(2)13-14-24(3,4)20-15-17(9-11-19(20)23)21(26)12-10-16-7-5-6-8-18(16)22(25)27/h5-9,11,15,21,26H,13-14H2,1-4H3,(H2,25,27). The van der Waals surface area contributed by atoms with Crippen LogP contribution in [0.5, 0.6) is 0 Å². The third kappa shape index (κ3) is 3.77. The van der Waals surface area contributed by atoms with Crippen molar-refractivity contribution in [2.24, 2.45) is 5.73 Å². The molecule has 1 amide bonds. The molecule has 3 rings (SSSR count). The number of primary amides is 1. The molecule has 1 unspecified atom stereocenters. The number of carbonyl (C=O) groups excluding carboxylic acids is 1. The number of amides is 1. The molecule has 0 spiro atoms. The first kappa shape index (κ1) is 19.2. The molecule has 0 fully saturated rings. The monoisotopic (exact) mass is 361 g/mol. The molecular weight excluding hydrogens is 334 g/mol. The van der Waals surface area contributed by atoms with E-state index in [0.717, 1.165) is 18.4 Å². The number of hydrogen-bond acceptors (Lipinski definition) is 2. The van der Waals surface area contributed by atoms with Crippen molar-refractivity contribution in [1.29, 1.82) is 0 Å². The normalized spacial score (nSPS) is 18.0. The Morgan fingerprint density at radius 2 is 1.67 bits per heavy atom. The Morgan fingerprint density at radius 1 is 1.04 bits per heavy atom. The third-order valence-electron chi connectivity index (χ3n) is 5.73. The zero-order chi connectivity index (χ0) is 19.8. The number of hydrogen-bond donors (Lipinski definition) is 2. The zero-order valence-corrected chi connectivity index (χ0v) is 16.5. The van der Waals surface area contributed by atoms with Crippen LogP contribution in [0.1, 0.15) is 79.3 Å². The molecule has 0 aliphatic heterocycles. The summed E-state index contributed by atoms with van der Waals surface area (Å²) >= 11 is 0. The summed E-state index contributed by atoms with van der Waals surface area (Å²) in [4.78, 5) is 11.5. The molecule has 2 aromatic rings. The van der Waals surface area contributed by atoms with Crippen LogP contribution in [0, 0.1) is 11.8 Å². The van der Waals surface area contributed by atoms with Gasteiger partial charge in [0.1, 0.15) is 6.10 Å². The molecule has 0 saturated heterocycles. The second kappa shape index (κ2) is 6.87. The summed E-state index contributed by atoms with van der Waals surface area (Å²) in [5.41, 5.74) is 9.92. The van der Waals surface area contributed by atoms with E-state index in [4.69, 9.17) is 5.73 Å². The fourth-order valence-electron chi connectivity index (χ4n) is 3.81. The van der Waals surface area contributed by atoms with Gasteiger partial charge in [0.15, 0.2) is 0 Å². The van der Waals surface area contributed by atoms with Crippen molar-refractivity contribution >= 4 is 5.91 Å². The SMILES string of the molecule is CC1(C)CCC(C)(C)c2cc(C(O)C#Cc3ccccc3C(N)=O)ccc21. The Hall–Kier alpha value is -2.57. The second-order valence-electron chi connectivity index (χ2n) is 8.65. The van der Waals surface area contributed by atoms with Gasteiger partial charge in [0, 0.05) is 5.56 Å². The van der Waals surface area contributed by atoms with Crippen LogP contribution >= 0.6 is 0 Å². The summed E-state index contributed by atoms with van der Waals surface area (Å²) in [7, 11) is 0. The maximum absolute atomic E-state index is 11.5. The fraction of sp³-hybridized carbons (Fsp3) is 0.375. The maximum Gasteiger partial charge on any atom is 0.249 e. The van der Waals surface area contributed by atoms with Gasteiger partial charge in [0.05, 0.1) is 5.56 Å². The van der Waals surface area contributed by atoms with Crippen LogP contribution in [0.2, 0.25) is 0 Å². The number of fused-ring (bicyclic) bond motifs is 1. The number of nitrogens with two attached hydrogens (primary N) is 1. The first-order chi connectivity index (χ1) is 12.6. The van der Waals surface area contributed by atoms with Gasteiger partial charge in [-0.3, -0.25) is 4.79 Å². The predicted octanol–water partition coefficient (Wildman–Crippen LogP) is 4.22. The van der Waals surface area contributed by atoms with Crippen molar-refractivity contribution in [3.05, 3.63) is 70.3 Å². The molecule has 0 heterocycles. The minimum atomic E-state index is -0.919. The summed E-state index contributed by atoms with van der Waals surface area (Å²) in [5, 5.41) is 10.6. The average Bonchev–Trinajstić information content (AvgIpc) is 2.63. The van der Waals surface area contributed by atoms with E-state index < -0.39 is 12.0 Å². The van der Waals surface area contributed by atoms with Crippen LogP contribution in [0.25, 0.3) is 0 Å². The number of aliphatic hydroxyl groups excluding tert-OH is 1. The Balaban J connectivity index is 1.97. The number of rotatable bonds is 2. The molecule has 2 aromatic carbocycles. The fourth-order valence-corrected chi connectivity index (χ4v) is 3.81. The van der Waals surface area contributed by atoms with Crippen molar-refractivity contribution in [3.63, 3.8) is 0 Å². The van der Waals surface area contributed by atoms with E-state index in [2.05, 4.69) is 51.7 Å². The Kier molecular flexibility index (Phi) is 4.88. The van der Waals surface area contributed by atoms with Crippen LogP contribution in [0.4, 0.5) is 0 Å². The van der Waals surface area contributed by atoms with Crippen molar-refractivity contribution in [1.82, 2.24) is 0 Å². The molecule has 1 aliphatic rings. The van der Waals surface area contributed by atoms with Crippen LogP contribution in [-0.2, 0) is 10.8 Å². The van der Waals surface area contributed by atoms with Gasteiger partial charge in [0.25, 0.3) is 0 Å². The Morgan fingerprint density at radius 3 is 2.33 bits per heavy atom. The van der Waals surface area contributed by atoms with E-state index in [1.807, 2.05) is 6.07 Å². The van der Waals surface area contributed by atoms with Gasteiger partial charge < -0.3 is 10.8 Å². The topological polar surface area (TPSA) is 63.3 Å². The van der Waals surface area contributed by atoms with E-state index in [1.54, 1.807) is 24.3 Å². The van der Waals surface area contributed by atoms with Crippen molar-refractivity contribution < 1.29 is 9.90 Å². The second-order valence-corrected chi connectivity index (χ2v) is 8.65. The first-order valence-electron chi connectivity index (χ1n) is 9.35. The molecule has 0 radical (unpaired) electrons. The van der Waals surface area contributed by atoms with Gasteiger partial charge in [0.2, 0.25) is 5.91 Å². The molecule has 0 bridgehead atoms. The summed E-state index contributed by atoms with van der Waals surface area (Å²) in [6, 6.07) is 13.1. The largest absolute Gasteiger partial charge is 0.376 e. The van der Waals surface area contributed by atoms with Gasteiger partial charge >= 0.3 is 0 Å². The van der Waals surface area contributed by atoms with Crippen LogP contribution in [0.3, 0.4) is 0 Å². The first-order valence-corrected chi connectivity index (χ1v) is 9.35. The molecule has 27 heavy (non-hydrogen) atoms. The highest BCUT2D eigenvalue weighted by atomic mass is 16.3. The van der Waals surface area contributed by atoms with E-state index in [0.29, 0.717) is 11.1 Å². The summed E-state index contributed by atoms with van der Waals surface area (Å²) in [6.07, 6.45) is 1.35. The highest BCUT2D eigenvalue weighted by Crippen LogP contribution is 2.46. The summed E-state index contributed by atoms with van der Waals surface area (Å²) in [5.74, 6) is 5.25. The molecule has 3 heteroatoms. The average molecular weight is 361 g/mol. The van der Waals surface area contributed by atoms with Crippen molar-refractivity contribution in [2.45, 2.75) is 57.5 Å². The minimum Gasteiger partial charge on any atom is -0.376 e. The molecule has 0 saturated carbocycles. The predicted molar refractivity (Wildman–Crippen MR) is 109 cm³/mol. The molecular formula is C24H27NO2. The maximum atomic E-state index is 11.5. The molecule has 0 aromatic heterocycles. The molecule has 3 nitrogen and oxygen atoms in total. The Labute approximate surface area is 161 Å². The number of carbonyl (C=O) groups is 1. The minimum absolute atomic E-state index is 0.0760. The van der Waals surface area contributed by atoms with Crippen LogP contribution in [0.15, 0.2) is 42.5 Å². The molecule has 1 atom stereocenters. The lowest BCUT2D eigenvalue weighted by molar-refractivity contribution is 0.1000. The van der Waals surface area contributed by atoms with Crippen molar-refractivity contribution in [2.75, 3.05) is 0 Å². The highest BCUT2D eigenvalue weighted by molar-refractivity contribution is 5.95. The quantitative estimate of drug-likeness (QED) is 0.787. The molecule has 140 valence electrons. The van der Waals surface area contributed by atoms with Gasteiger partial charge in [-0.2, -0.15) is 0 Å². The van der Waals surface area contributed by atoms with E-state index >= 15 is 0 Å². The van der Waals surface area contributed by atoms with Gasteiger partial charge in [-0.25, -0.2) is 0 Å². The van der Waals surface area contributed by atoms with Crippen LogP contribution in [-0.4, -0.2) is 11.0 Å². The highest BCUT2D eigenvalue weighted by Gasteiger charge is 2.37. The number of benzene rings is 2. The lowest BCUT2D eigenvalue weighted by atomic mass is 9.63. The number of aliphatic hydroxyl groups is 1. The van der Waals surface area contributed by atoms with Gasteiger partial charge in [-0.15, -0.1) is 0 Å². The lowest BCUT2D eigenvalue weighted by Gasteiger charge is -2.42. The third-order valence-corrected chi connectivity index (χ3v) is 5.73. The lowest BCUT2D eigenvalue weighted by Crippen LogP contribution is -2.34. The molecule has 1 aliphatic carbocycles. The Bertz CT molecular complexity index is 944. The van der Waals surface area contributed by atoms with E-state index in [1.165, 1.54) is 11.1 Å². The van der Waals surface area contributed by atoms with Gasteiger partial charge in [-0.05, 0) is 52.5 Å². The van der Waals surface area contributed by atoms with Gasteiger partial charge in [-0.1, -0.05) is 69.9 Å². The summed E-state index contributed by atoms with van der Waals surface area (Å²) < 4.78 is 0. The molecule has 3 N–H and O–H groups in total. The summed E-state index contributed by atoms with van der Waals surface area (Å²) in [6.45, 7) is 9.06.